The number of carbonyl (C=O) groups excluding carboxylic acids is 1. The normalized spacial score (nSPS) is 12.0. The van der Waals surface area contributed by atoms with Crippen LogP contribution in [-0.2, 0) is 11.3 Å². The topological polar surface area (TPSA) is 42.4 Å². The van der Waals surface area contributed by atoms with E-state index in [1.54, 1.807) is 25.1 Å². The number of aromatic nitrogens is 1. The Hall–Kier alpha value is -2.66. The van der Waals surface area contributed by atoms with Gasteiger partial charge in [0.25, 0.3) is 5.91 Å². The Labute approximate surface area is 156 Å². The maximum Gasteiger partial charge on any atom is 0.263 e. The van der Waals surface area contributed by atoms with E-state index in [-0.39, 0.29) is 16.7 Å². The molecule has 1 heterocycles. The van der Waals surface area contributed by atoms with Crippen LogP contribution in [0.1, 0.15) is 12.5 Å². The SMILES string of the molecule is CC(Oc1ccc(F)cc1Cl)C(=O)N(C)Cc1cccc2ncccc12. The van der Waals surface area contributed by atoms with Gasteiger partial charge >= 0.3 is 0 Å². The van der Waals surface area contributed by atoms with Crippen molar-refractivity contribution in [2.24, 2.45) is 0 Å². The van der Waals surface area contributed by atoms with Gasteiger partial charge in [-0.15, -0.1) is 0 Å². The van der Waals surface area contributed by atoms with Gasteiger partial charge < -0.3 is 9.64 Å². The summed E-state index contributed by atoms with van der Waals surface area (Å²) in [5.74, 6) is -0.383. The number of pyridine rings is 1. The zero-order valence-corrected chi connectivity index (χ0v) is 15.2. The lowest BCUT2D eigenvalue weighted by molar-refractivity contribution is -0.137. The van der Waals surface area contributed by atoms with Crippen molar-refractivity contribution in [3.63, 3.8) is 0 Å². The molecule has 0 fully saturated rings. The van der Waals surface area contributed by atoms with Crippen LogP contribution in [-0.4, -0.2) is 28.9 Å². The van der Waals surface area contributed by atoms with Crippen molar-refractivity contribution < 1.29 is 13.9 Å². The summed E-state index contributed by atoms with van der Waals surface area (Å²) >= 11 is 5.96. The monoisotopic (exact) mass is 372 g/mol. The molecule has 0 saturated heterocycles. The van der Waals surface area contributed by atoms with E-state index in [9.17, 15) is 9.18 Å². The molecule has 1 amide bonds. The van der Waals surface area contributed by atoms with Crippen molar-refractivity contribution in [2.45, 2.75) is 19.6 Å². The summed E-state index contributed by atoms with van der Waals surface area (Å²) in [5, 5.41) is 1.14. The summed E-state index contributed by atoms with van der Waals surface area (Å²) < 4.78 is 18.7. The van der Waals surface area contributed by atoms with Gasteiger partial charge in [-0.2, -0.15) is 0 Å². The molecule has 0 aliphatic rings. The minimum Gasteiger partial charge on any atom is -0.479 e. The first-order chi connectivity index (χ1) is 12.5. The molecule has 1 aromatic heterocycles. The molecular formula is C20H18ClFN2O2. The summed E-state index contributed by atoms with van der Waals surface area (Å²) in [6.45, 7) is 2.07. The van der Waals surface area contributed by atoms with Gasteiger partial charge in [0, 0.05) is 25.2 Å². The van der Waals surface area contributed by atoms with Crippen molar-refractivity contribution >= 4 is 28.4 Å². The summed E-state index contributed by atoms with van der Waals surface area (Å²) in [4.78, 5) is 18.5. The largest absolute Gasteiger partial charge is 0.479 e. The highest BCUT2D eigenvalue weighted by Crippen LogP contribution is 2.26. The third-order valence-corrected chi connectivity index (χ3v) is 4.36. The molecule has 0 spiro atoms. The van der Waals surface area contributed by atoms with Crippen LogP contribution < -0.4 is 4.74 Å². The number of carbonyl (C=O) groups is 1. The third kappa shape index (κ3) is 3.94. The number of ether oxygens (including phenoxy) is 1. The number of rotatable bonds is 5. The average molecular weight is 373 g/mol. The summed E-state index contributed by atoms with van der Waals surface area (Å²) in [7, 11) is 1.71. The lowest BCUT2D eigenvalue weighted by Gasteiger charge is -2.23. The average Bonchev–Trinajstić information content (AvgIpc) is 2.63. The van der Waals surface area contributed by atoms with E-state index in [4.69, 9.17) is 16.3 Å². The van der Waals surface area contributed by atoms with Gasteiger partial charge in [0.05, 0.1) is 10.5 Å². The molecule has 0 radical (unpaired) electrons. The molecule has 1 unspecified atom stereocenters. The van der Waals surface area contributed by atoms with E-state index in [1.165, 1.54) is 12.1 Å². The van der Waals surface area contributed by atoms with E-state index < -0.39 is 11.9 Å². The Bertz CT molecular complexity index is 943. The van der Waals surface area contributed by atoms with Crippen LogP contribution in [0.5, 0.6) is 5.75 Å². The molecular weight excluding hydrogens is 355 g/mol. The number of amides is 1. The fourth-order valence-electron chi connectivity index (χ4n) is 2.76. The molecule has 6 heteroatoms. The second-order valence-electron chi connectivity index (χ2n) is 6.02. The first kappa shape index (κ1) is 18.1. The molecule has 134 valence electrons. The van der Waals surface area contributed by atoms with Gasteiger partial charge in [0.15, 0.2) is 6.10 Å². The van der Waals surface area contributed by atoms with E-state index in [1.807, 2.05) is 30.3 Å². The van der Waals surface area contributed by atoms with Crippen LogP contribution in [0.15, 0.2) is 54.7 Å². The molecule has 3 aromatic rings. The van der Waals surface area contributed by atoms with Crippen LogP contribution in [0, 0.1) is 5.82 Å². The van der Waals surface area contributed by atoms with Crippen molar-refractivity contribution in [2.75, 3.05) is 7.05 Å². The molecule has 1 atom stereocenters. The van der Waals surface area contributed by atoms with Crippen molar-refractivity contribution in [1.29, 1.82) is 0 Å². The predicted octanol–water partition coefficient (Wildman–Crippen LogP) is 4.45. The molecule has 0 bridgehead atoms. The van der Waals surface area contributed by atoms with Crippen LogP contribution in [0.25, 0.3) is 10.9 Å². The molecule has 0 N–H and O–H groups in total. The number of hydrogen-bond donors (Lipinski definition) is 0. The molecule has 0 saturated carbocycles. The number of hydrogen-bond acceptors (Lipinski definition) is 3. The highest BCUT2D eigenvalue weighted by Gasteiger charge is 2.21. The second kappa shape index (κ2) is 7.70. The summed E-state index contributed by atoms with van der Waals surface area (Å²) in [6.07, 6.45) is 0.986. The van der Waals surface area contributed by atoms with Gasteiger partial charge in [-0.3, -0.25) is 9.78 Å². The minimum atomic E-state index is -0.754. The molecule has 0 aliphatic heterocycles. The van der Waals surface area contributed by atoms with Gasteiger partial charge in [0.2, 0.25) is 0 Å². The Kier molecular flexibility index (Phi) is 5.38. The Balaban J connectivity index is 1.72. The maximum atomic E-state index is 13.1. The van der Waals surface area contributed by atoms with Crippen LogP contribution >= 0.6 is 11.6 Å². The standard InChI is InChI=1S/C20H18ClFN2O2/c1-13(26-19-9-8-15(22)11-17(19)21)20(25)24(2)12-14-5-3-7-18-16(14)6-4-10-23-18/h3-11,13H,12H2,1-2H3. The fraction of sp³-hybridized carbons (Fsp3) is 0.200. The third-order valence-electron chi connectivity index (χ3n) is 4.07. The highest BCUT2D eigenvalue weighted by molar-refractivity contribution is 6.32. The molecule has 4 nitrogen and oxygen atoms in total. The minimum absolute atomic E-state index is 0.132. The van der Waals surface area contributed by atoms with Gasteiger partial charge in [-0.05, 0) is 42.8 Å². The van der Waals surface area contributed by atoms with Crippen LogP contribution in [0.3, 0.4) is 0 Å². The zero-order chi connectivity index (χ0) is 18.7. The number of fused-ring (bicyclic) bond motifs is 1. The second-order valence-corrected chi connectivity index (χ2v) is 6.42. The van der Waals surface area contributed by atoms with E-state index in [0.29, 0.717) is 6.54 Å². The highest BCUT2D eigenvalue weighted by atomic mass is 35.5. The number of likely N-dealkylation sites (N-methyl/N-ethyl adjacent to an activating group) is 1. The number of nitrogens with zero attached hydrogens (tertiary/aromatic N) is 2. The van der Waals surface area contributed by atoms with Crippen molar-refractivity contribution in [1.82, 2.24) is 9.88 Å². The van der Waals surface area contributed by atoms with E-state index in [2.05, 4.69) is 4.98 Å². The quantitative estimate of drug-likeness (QED) is 0.664. The van der Waals surface area contributed by atoms with Gasteiger partial charge in [0.1, 0.15) is 11.6 Å². The first-order valence-corrected chi connectivity index (χ1v) is 8.53. The molecule has 0 aliphatic carbocycles. The molecule has 26 heavy (non-hydrogen) atoms. The smallest absolute Gasteiger partial charge is 0.263 e. The maximum absolute atomic E-state index is 13.1. The molecule has 3 rings (SSSR count). The number of benzene rings is 2. The van der Waals surface area contributed by atoms with Crippen molar-refractivity contribution in [3.05, 3.63) is 71.1 Å². The fourth-order valence-corrected chi connectivity index (χ4v) is 2.97. The lowest BCUT2D eigenvalue weighted by Crippen LogP contribution is -2.37. The molecule has 2 aromatic carbocycles. The zero-order valence-electron chi connectivity index (χ0n) is 14.4. The lowest BCUT2D eigenvalue weighted by atomic mass is 10.1. The van der Waals surface area contributed by atoms with Gasteiger partial charge in [-0.1, -0.05) is 29.8 Å². The Morgan fingerprint density at radius 1 is 1.27 bits per heavy atom. The summed E-state index contributed by atoms with van der Waals surface area (Å²) in [5.41, 5.74) is 1.88. The van der Waals surface area contributed by atoms with Crippen LogP contribution in [0.4, 0.5) is 4.39 Å². The van der Waals surface area contributed by atoms with Gasteiger partial charge in [-0.25, -0.2) is 4.39 Å². The number of halogens is 2. The summed E-state index contributed by atoms with van der Waals surface area (Å²) in [6, 6.07) is 13.5. The van der Waals surface area contributed by atoms with Crippen molar-refractivity contribution in [3.8, 4) is 5.75 Å². The van der Waals surface area contributed by atoms with E-state index >= 15 is 0 Å². The Morgan fingerprint density at radius 3 is 2.85 bits per heavy atom. The first-order valence-electron chi connectivity index (χ1n) is 8.15. The van der Waals surface area contributed by atoms with Crippen LogP contribution in [0.2, 0.25) is 5.02 Å². The van der Waals surface area contributed by atoms with E-state index in [0.717, 1.165) is 22.5 Å². The predicted molar refractivity (Wildman–Crippen MR) is 99.7 cm³/mol. The Morgan fingerprint density at radius 2 is 2.08 bits per heavy atom.